The van der Waals surface area contributed by atoms with Gasteiger partial charge in [-0.05, 0) is 30.3 Å². The summed E-state index contributed by atoms with van der Waals surface area (Å²) >= 11 is 0. The average molecular weight is 384 g/mol. The summed E-state index contributed by atoms with van der Waals surface area (Å²) in [4.78, 5) is 33.7. The Labute approximate surface area is 149 Å². The summed E-state index contributed by atoms with van der Waals surface area (Å²) in [5.41, 5.74) is -0.650. The van der Waals surface area contributed by atoms with Crippen molar-refractivity contribution in [1.29, 1.82) is 0 Å². The standard InChI is InChI=1S/C16H11F3N2O6/c17-16(18,19)27-11-7-5-10(6-8-11)20-14(22)9-26-15(23)12-3-1-2-4-13(12)21(24)25/h1-8H,9H2,(H,20,22). The molecule has 0 unspecified atom stereocenters. The fraction of sp³-hybridized carbons (Fsp3) is 0.125. The highest BCUT2D eigenvalue weighted by Crippen LogP contribution is 2.24. The molecule has 2 rings (SSSR count). The van der Waals surface area contributed by atoms with E-state index in [1.54, 1.807) is 0 Å². The van der Waals surface area contributed by atoms with Gasteiger partial charge in [0.15, 0.2) is 6.61 Å². The van der Waals surface area contributed by atoms with Crippen LogP contribution in [-0.2, 0) is 9.53 Å². The number of carbonyl (C=O) groups is 2. The number of hydrogen-bond donors (Lipinski definition) is 1. The molecule has 0 atom stereocenters. The molecule has 0 aliphatic heterocycles. The van der Waals surface area contributed by atoms with Crippen molar-refractivity contribution in [3.05, 3.63) is 64.2 Å². The number of alkyl halides is 3. The van der Waals surface area contributed by atoms with Gasteiger partial charge in [-0.25, -0.2) is 4.79 Å². The first kappa shape index (κ1) is 19.7. The number of nitro groups is 1. The lowest BCUT2D eigenvalue weighted by Gasteiger charge is -2.10. The predicted octanol–water partition coefficient (Wildman–Crippen LogP) is 3.29. The van der Waals surface area contributed by atoms with Crippen LogP contribution in [0.25, 0.3) is 0 Å². The molecule has 2 aromatic carbocycles. The minimum Gasteiger partial charge on any atom is -0.452 e. The topological polar surface area (TPSA) is 108 Å². The van der Waals surface area contributed by atoms with Crippen LogP contribution in [0.3, 0.4) is 0 Å². The van der Waals surface area contributed by atoms with E-state index < -0.39 is 41.2 Å². The lowest BCUT2D eigenvalue weighted by atomic mass is 10.2. The van der Waals surface area contributed by atoms with Gasteiger partial charge in [0.1, 0.15) is 11.3 Å². The number of hydrogen-bond acceptors (Lipinski definition) is 6. The van der Waals surface area contributed by atoms with Gasteiger partial charge in [0.25, 0.3) is 11.6 Å². The van der Waals surface area contributed by atoms with Crippen molar-refractivity contribution in [2.45, 2.75) is 6.36 Å². The Kier molecular flexibility index (Phi) is 5.96. The molecule has 0 saturated carbocycles. The smallest absolute Gasteiger partial charge is 0.452 e. The summed E-state index contributed by atoms with van der Waals surface area (Å²) in [6.45, 7) is -0.744. The number of nitro benzene ring substituents is 1. The number of ether oxygens (including phenoxy) is 2. The van der Waals surface area contributed by atoms with Crippen LogP contribution in [0.5, 0.6) is 5.75 Å². The number of amides is 1. The number of benzene rings is 2. The molecule has 2 aromatic rings. The molecular formula is C16H11F3N2O6. The molecule has 0 bridgehead atoms. The molecule has 0 aromatic heterocycles. The second kappa shape index (κ2) is 8.17. The van der Waals surface area contributed by atoms with Crippen molar-refractivity contribution in [3.63, 3.8) is 0 Å². The van der Waals surface area contributed by atoms with E-state index in [4.69, 9.17) is 4.74 Å². The molecule has 0 aliphatic carbocycles. The monoisotopic (exact) mass is 384 g/mol. The Morgan fingerprint density at radius 3 is 2.30 bits per heavy atom. The fourth-order valence-corrected chi connectivity index (χ4v) is 1.95. The lowest BCUT2D eigenvalue weighted by molar-refractivity contribution is -0.385. The number of anilines is 1. The molecule has 0 heterocycles. The summed E-state index contributed by atoms with van der Waals surface area (Å²) in [6.07, 6.45) is -4.83. The third-order valence-electron chi connectivity index (χ3n) is 3.03. The quantitative estimate of drug-likeness (QED) is 0.465. The highest BCUT2D eigenvalue weighted by molar-refractivity contribution is 5.97. The maximum absolute atomic E-state index is 12.1. The van der Waals surface area contributed by atoms with E-state index >= 15 is 0 Å². The van der Waals surface area contributed by atoms with Crippen molar-refractivity contribution in [2.24, 2.45) is 0 Å². The number of halogens is 3. The first-order chi connectivity index (χ1) is 12.7. The predicted molar refractivity (Wildman–Crippen MR) is 85.1 cm³/mol. The zero-order chi connectivity index (χ0) is 20.0. The van der Waals surface area contributed by atoms with Crippen LogP contribution in [0.15, 0.2) is 48.5 Å². The normalized spacial score (nSPS) is 10.8. The van der Waals surface area contributed by atoms with E-state index in [2.05, 4.69) is 10.1 Å². The van der Waals surface area contributed by atoms with Crippen LogP contribution in [0.4, 0.5) is 24.5 Å². The molecule has 1 N–H and O–H groups in total. The Balaban J connectivity index is 1.91. The average Bonchev–Trinajstić information content (AvgIpc) is 2.60. The van der Waals surface area contributed by atoms with Crippen molar-refractivity contribution in [3.8, 4) is 5.75 Å². The maximum Gasteiger partial charge on any atom is 0.573 e. The summed E-state index contributed by atoms with van der Waals surface area (Å²) in [6, 6.07) is 9.34. The van der Waals surface area contributed by atoms with Crippen LogP contribution in [0, 0.1) is 10.1 Å². The van der Waals surface area contributed by atoms with Gasteiger partial charge in [-0.1, -0.05) is 12.1 Å². The van der Waals surface area contributed by atoms with Crippen LogP contribution < -0.4 is 10.1 Å². The maximum atomic E-state index is 12.1. The summed E-state index contributed by atoms with van der Waals surface area (Å²) in [5.74, 6) is -2.32. The zero-order valence-electron chi connectivity index (χ0n) is 13.4. The van der Waals surface area contributed by atoms with Crippen molar-refractivity contribution < 1.29 is 37.2 Å². The third kappa shape index (κ3) is 5.99. The van der Waals surface area contributed by atoms with E-state index in [0.29, 0.717) is 0 Å². The number of nitrogens with zero attached hydrogens (tertiary/aromatic N) is 1. The van der Waals surface area contributed by atoms with E-state index in [0.717, 1.165) is 30.3 Å². The molecule has 8 nitrogen and oxygen atoms in total. The van der Waals surface area contributed by atoms with Gasteiger partial charge in [-0.15, -0.1) is 13.2 Å². The SMILES string of the molecule is O=C(COC(=O)c1ccccc1[N+](=O)[O-])Nc1ccc(OC(F)(F)F)cc1. The van der Waals surface area contributed by atoms with Gasteiger partial charge < -0.3 is 14.8 Å². The number of nitrogens with one attached hydrogen (secondary N) is 1. The minimum absolute atomic E-state index is 0.135. The first-order valence-electron chi connectivity index (χ1n) is 7.22. The van der Waals surface area contributed by atoms with Gasteiger partial charge in [0, 0.05) is 11.8 Å². The summed E-state index contributed by atoms with van der Waals surface area (Å²) in [5, 5.41) is 13.1. The number of rotatable bonds is 6. The Morgan fingerprint density at radius 1 is 1.07 bits per heavy atom. The molecule has 142 valence electrons. The second-order valence-corrected chi connectivity index (χ2v) is 4.97. The molecule has 0 saturated heterocycles. The van der Waals surface area contributed by atoms with Crippen LogP contribution in [0.2, 0.25) is 0 Å². The molecule has 0 spiro atoms. The van der Waals surface area contributed by atoms with Crippen LogP contribution in [0.1, 0.15) is 10.4 Å². The summed E-state index contributed by atoms with van der Waals surface area (Å²) in [7, 11) is 0. The van der Waals surface area contributed by atoms with Crippen molar-refractivity contribution in [1.82, 2.24) is 0 Å². The Bertz CT molecular complexity index is 852. The highest BCUT2D eigenvalue weighted by atomic mass is 19.4. The Hall–Kier alpha value is -3.63. The second-order valence-electron chi connectivity index (χ2n) is 4.97. The largest absolute Gasteiger partial charge is 0.573 e. The van der Waals surface area contributed by atoms with Gasteiger partial charge in [-0.3, -0.25) is 14.9 Å². The van der Waals surface area contributed by atoms with E-state index in [1.807, 2.05) is 0 Å². The fourth-order valence-electron chi connectivity index (χ4n) is 1.95. The van der Waals surface area contributed by atoms with Crippen molar-refractivity contribution in [2.75, 3.05) is 11.9 Å². The lowest BCUT2D eigenvalue weighted by Crippen LogP contribution is -2.21. The van der Waals surface area contributed by atoms with Crippen LogP contribution >= 0.6 is 0 Å². The number of carbonyl (C=O) groups excluding carboxylic acids is 2. The molecule has 0 radical (unpaired) electrons. The van der Waals surface area contributed by atoms with Crippen molar-refractivity contribution >= 4 is 23.3 Å². The molecule has 0 fully saturated rings. The van der Waals surface area contributed by atoms with E-state index in [9.17, 15) is 32.9 Å². The van der Waals surface area contributed by atoms with Gasteiger partial charge in [0.2, 0.25) is 0 Å². The zero-order valence-corrected chi connectivity index (χ0v) is 13.4. The van der Waals surface area contributed by atoms with Gasteiger partial charge in [-0.2, -0.15) is 0 Å². The minimum atomic E-state index is -4.83. The van der Waals surface area contributed by atoms with Gasteiger partial charge >= 0.3 is 12.3 Å². The van der Waals surface area contributed by atoms with Crippen LogP contribution in [-0.4, -0.2) is 29.8 Å². The molecule has 11 heteroatoms. The number of esters is 1. The third-order valence-corrected chi connectivity index (χ3v) is 3.03. The molecule has 27 heavy (non-hydrogen) atoms. The first-order valence-corrected chi connectivity index (χ1v) is 7.22. The molecule has 0 aliphatic rings. The molecular weight excluding hydrogens is 373 g/mol. The van der Waals surface area contributed by atoms with E-state index in [-0.39, 0.29) is 11.3 Å². The Morgan fingerprint density at radius 2 is 1.70 bits per heavy atom. The van der Waals surface area contributed by atoms with Gasteiger partial charge in [0.05, 0.1) is 4.92 Å². The van der Waals surface area contributed by atoms with E-state index in [1.165, 1.54) is 18.2 Å². The summed E-state index contributed by atoms with van der Waals surface area (Å²) < 4.78 is 44.6. The molecule has 1 amide bonds. The number of para-hydroxylation sites is 1. The highest BCUT2D eigenvalue weighted by Gasteiger charge is 2.31.